The summed E-state index contributed by atoms with van der Waals surface area (Å²) in [5.74, 6) is -0.351. The summed E-state index contributed by atoms with van der Waals surface area (Å²) in [6, 6.07) is 22.0. The van der Waals surface area contributed by atoms with Crippen LogP contribution in [0.15, 0.2) is 102 Å². The molecule has 6 rings (SSSR count). The van der Waals surface area contributed by atoms with Crippen LogP contribution in [0, 0.1) is 0 Å². The molecule has 3 N–H and O–H groups in total. The summed E-state index contributed by atoms with van der Waals surface area (Å²) < 4.78 is 3.11. The van der Waals surface area contributed by atoms with Crippen molar-refractivity contribution in [2.75, 3.05) is 5.73 Å². The Morgan fingerprint density at radius 2 is 1.76 bits per heavy atom. The maximum Gasteiger partial charge on any atom is 0.263 e. The van der Waals surface area contributed by atoms with E-state index in [1.807, 2.05) is 73.7 Å². The largest absolute Gasteiger partial charge is 0.381 e. The lowest BCUT2D eigenvalue weighted by atomic mass is 9.98. The molecule has 1 atom stereocenters. The number of amides is 1. The van der Waals surface area contributed by atoms with E-state index in [9.17, 15) is 9.59 Å². The average molecular weight is 502 g/mol. The number of fused-ring (bicyclic) bond motifs is 2. The van der Waals surface area contributed by atoms with Gasteiger partial charge in [-0.15, -0.1) is 5.10 Å². The zero-order chi connectivity index (χ0) is 26.2. The van der Waals surface area contributed by atoms with Crippen LogP contribution in [0.3, 0.4) is 0 Å². The van der Waals surface area contributed by atoms with Gasteiger partial charge < -0.3 is 11.1 Å². The average Bonchev–Trinajstić information content (AvgIpc) is 3.29. The number of rotatable bonds is 5. The fourth-order valence-corrected chi connectivity index (χ4v) is 4.78. The minimum Gasteiger partial charge on any atom is -0.381 e. The quantitative estimate of drug-likeness (QED) is 0.366. The molecule has 9 heteroatoms. The SMILES string of the molecule is CC(NC(=O)c1c(N)nn2cccnc12)c1cc2cccc(-c3ccncc3)c2c(=O)n1-c1ccccc1. The zero-order valence-electron chi connectivity index (χ0n) is 20.4. The van der Waals surface area contributed by atoms with Crippen molar-refractivity contribution >= 4 is 28.1 Å². The number of hydrogen-bond acceptors (Lipinski definition) is 6. The van der Waals surface area contributed by atoms with Gasteiger partial charge in [0.2, 0.25) is 0 Å². The molecule has 38 heavy (non-hydrogen) atoms. The third-order valence-electron chi connectivity index (χ3n) is 6.52. The third-order valence-corrected chi connectivity index (χ3v) is 6.52. The van der Waals surface area contributed by atoms with E-state index in [1.54, 1.807) is 35.4 Å². The Morgan fingerprint density at radius 1 is 0.974 bits per heavy atom. The molecule has 4 heterocycles. The molecule has 1 amide bonds. The summed E-state index contributed by atoms with van der Waals surface area (Å²) in [7, 11) is 0. The molecule has 0 saturated carbocycles. The van der Waals surface area contributed by atoms with Crippen LogP contribution < -0.4 is 16.6 Å². The highest BCUT2D eigenvalue weighted by Crippen LogP contribution is 2.29. The zero-order valence-corrected chi connectivity index (χ0v) is 20.4. The predicted octanol–water partition coefficient (Wildman–Crippen LogP) is 4.17. The molecule has 9 nitrogen and oxygen atoms in total. The van der Waals surface area contributed by atoms with Crippen molar-refractivity contribution in [1.29, 1.82) is 0 Å². The van der Waals surface area contributed by atoms with E-state index in [-0.39, 0.29) is 16.9 Å². The number of anilines is 1. The molecule has 0 spiro atoms. The number of nitrogen functional groups attached to an aromatic ring is 1. The van der Waals surface area contributed by atoms with Gasteiger partial charge in [0.25, 0.3) is 11.5 Å². The predicted molar refractivity (Wildman–Crippen MR) is 146 cm³/mol. The van der Waals surface area contributed by atoms with Gasteiger partial charge in [-0.2, -0.15) is 0 Å². The highest BCUT2D eigenvalue weighted by molar-refractivity contribution is 6.04. The van der Waals surface area contributed by atoms with E-state index in [2.05, 4.69) is 20.4 Å². The summed E-state index contributed by atoms with van der Waals surface area (Å²) in [5.41, 5.74) is 9.45. The van der Waals surface area contributed by atoms with Gasteiger partial charge in [0, 0.05) is 36.2 Å². The number of hydrogen-bond donors (Lipinski definition) is 2. The topological polar surface area (TPSA) is 120 Å². The van der Waals surface area contributed by atoms with Crippen LogP contribution in [0.4, 0.5) is 5.82 Å². The van der Waals surface area contributed by atoms with E-state index in [1.165, 1.54) is 4.52 Å². The Hall–Kier alpha value is -5.31. The lowest BCUT2D eigenvalue weighted by Crippen LogP contribution is -2.32. The fourth-order valence-electron chi connectivity index (χ4n) is 4.78. The van der Waals surface area contributed by atoms with Crippen molar-refractivity contribution in [3.63, 3.8) is 0 Å². The second-order valence-corrected chi connectivity index (χ2v) is 8.89. The molecule has 0 aliphatic rings. The van der Waals surface area contributed by atoms with Crippen LogP contribution in [0.1, 0.15) is 29.0 Å². The van der Waals surface area contributed by atoms with E-state index in [0.717, 1.165) is 16.5 Å². The minimum atomic E-state index is -0.553. The van der Waals surface area contributed by atoms with Gasteiger partial charge in [-0.3, -0.25) is 19.1 Å². The number of carbonyl (C=O) groups excluding carboxylic acids is 1. The van der Waals surface area contributed by atoms with Crippen molar-refractivity contribution in [2.45, 2.75) is 13.0 Å². The first-order valence-electron chi connectivity index (χ1n) is 12.1. The minimum absolute atomic E-state index is 0.0781. The Morgan fingerprint density at radius 3 is 2.55 bits per heavy atom. The van der Waals surface area contributed by atoms with E-state index < -0.39 is 11.9 Å². The summed E-state index contributed by atoms with van der Waals surface area (Å²) in [6.07, 6.45) is 6.66. The summed E-state index contributed by atoms with van der Waals surface area (Å²) in [6.45, 7) is 1.83. The van der Waals surface area contributed by atoms with Crippen LogP contribution in [0.5, 0.6) is 0 Å². The lowest BCUT2D eigenvalue weighted by molar-refractivity contribution is 0.0941. The van der Waals surface area contributed by atoms with Crippen LogP contribution in [0.2, 0.25) is 0 Å². The van der Waals surface area contributed by atoms with Crippen LogP contribution in [-0.2, 0) is 0 Å². The highest BCUT2D eigenvalue weighted by atomic mass is 16.2. The Bertz CT molecular complexity index is 1860. The molecule has 0 bridgehead atoms. The number of pyridine rings is 2. The number of carbonyl (C=O) groups is 1. The number of nitrogens with two attached hydrogens (primary N) is 1. The summed E-state index contributed by atoms with van der Waals surface area (Å²) in [4.78, 5) is 35.9. The second-order valence-electron chi connectivity index (χ2n) is 8.89. The molecule has 0 saturated heterocycles. The molecule has 1 unspecified atom stereocenters. The van der Waals surface area contributed by atoms with Gasteiger partial charge in [0.05, 0.1) is 11.4 Å². The molecule has 0 fully saturated rings. The van der Waals surface area contributed by atoms with Gasteiger partial charge in [-0.05, 0) is 59.8 Å². The first-order valence-corrected chi connectivity index (χ1v) is 12.1. The van der Waals surface area contributed by atoms with Crippen molar-refractivity contribution in [3.8, 4) is 16.8 Å². The fraction of sp³-hybridized carbons (Fsp3) is 0.0690. The second kappa shape index (κ2) is 9.29. The number of para-hydroxylation sites is 1. The smallest absolute Gasteiger partial charge is 0.263 e. The molecule has 186 valence electrons. The maximum absolute atomic E-state index is 14.2. The Kier molecular flexibility index (Phi) is 5.65. The first-order chi connectivity index (χ1) is 18.5. The van der Waals surface area contributed by atoms with Gasteiger partial charge >= 0.3 is 0 Å². The van der Waals surface area contributed by atoms with Crippen LogP contribution in [-0.4, -0.2) is 30.1 Å². The third kappa shape index (κ3) is 3.86. The lowest BCUT2D eigenvalue weighted by Gasteiger charge is -2.21. The van der Waals surface area contributed by atoms with Crippen molar-refractivity contribution in [3.05, 3.63) is 119 Å². The highest BCUT2D eigenvalue weighted by Gasteiger charge is 2.24. The van der Waals surface area contributed by atoms with Crippen molar-refractivity contribution in [2.24, 2.45) is 0 Å². The van der Waals surface area contributed by atoms with Gasteiger partial charge in [-0.1, -0.05) is 36.4 Å². The van der Waals surface area contributed by atoms with Gasteiger partial charge in [0.15, 0.2) is 11.5 Å². The molecular formula is C29H23N7O2. The van der Waals surface area contributed by atoms with Crippen LogP contribution >= 0.6 is 0 Å². The number of nitrogens with zero attached hydrogens (tertiary/aromatic N) is 5. The van der Waals surface area contributed by atoms with Crippen LogP contribution in [0.25, 0.3) is 33.2 Å². The standard InChI is InChI=1S/C29H23N7O2/c1-18(33-28(37)25-26(30)34-35-16-6-13-32-27(25)35)23-17-20-7-5-10-22(19-11-14-31-15-12-19)24(20)29(38)36(23)21-8-3-2-4-9-21/h2-18H,1H3,(H2,30,34)(H,33,37). The summed E-state index contributed by atoms with van der Waals surface area (Å²) >= 11 is 0. The van der Waals surface area contributed by atoms with Gasteiger partial charge in [-0.25, -0.2) is 9.50 Å². The van der Waals surface area contributed by atoms with Gasteiger partial charge in [0.1, 0.15) is 5.56 Å². The molecule has 4 aromatic heterocycles. The molecule has 0 aliphatic heterocycles. The monoisotopic (exact) mass is 501 g/mol. The Balaban J connectivity index is 1.51. The molecular weight excluding hydrogens is 478 g/mol. The van der Waals surface area contributed by atoms with E-state index >= 15 is 0 Å². The van der Waals surface area contributed by atoms with Crippen molar-refractivity contribution in [1.82, 2.24) is 29.5 Å². The maximum atomic E-state index is 14.2. The molecule has 6 aromatic rings. The molecule has 0 radical (unpaired) electrons. The normalized spacial score (nSPS) is 12.0. The van der Waals surface area contributed by atoms with Crippen molar-refractivity contribution < 1.29 is 4.79 Å². The number of aromatic nitrogens is 5. The summed E-state index contributed by atoms with van der Waals surface area (Å²) in [5, 5.41) is 8.54. The molecule has 0 aliphatic carbocycles. The number of nitrogens with one attached hydrogen (secondary N) is 1. The molecule has 2 aromatic carbocycles. The Labute approximate surface area is 217 Å². The van der Waals surface area contributed by atoms with E-state index in [4.69, 9.17) is 5.73 Å². The number of benzene rings is 2. The first kappa shape index (κ1) is 23.1. The van der Waals surface area contributed by atoms with E-state index in [0.29, 0.717) is 22.4 Å².